The van der Waals surface area contributed by atoms with Crippen LogP contribution in [0, 0.1) is 5.92 Å². The number of halogens is 1. The molecular formula is C21H26ClNO3. The van der Waals surface area contributed by atoms with Crippen molar-refractivity contribution in [1.29, 1.82) is 0 Å². The number of methoxy groups -OCH3 is 1. The van der Waals surface area contributed by atoms with Crippen LogP contribution in [0.5, 0.6) is 0 Å². The molecule has 1 saturated heterocycles. The highest BCUT2D eigenvalue weighted by molar-refractivity contribution is 6.31. The first-order chi connectivity index (χ1) is 12.6. The second kappa shape index (κ2) is 8.72. The van der Waals surface area contributed by atoms with Crippen molar-refractivity contribution in [3.05, 3.63) is 40.4 Å². The fourth-order valence-electron chi connectivity index (χ4n) is 4.04. The van der Waals surface area contributed by atoms with Gasteiger partial charge in [-0.2, -0.15) is 0 Å². The first-order valence-electron chi connectivity index (χ1n) is 9.43. The van der Waals surface area contributed by atoms with Crippen molar-refractivity contribution in [2.75, 3.05) is 13.7 Å². The van der Waals surface area contributed by atoms with Crippen molar-refractivity contribution in [1.82, 2.24) is 4.90 Å². The first-order valence-corrected chi connectivity index (χ1v) is 9.81. The minimum absolute atomic E-state index is 0.0332. The second-order valence-electron chi connectivity index (χ2n) is 7.22. The Balaban J connectivity index is 1.63. The van der Waals surface area contributed by atoms with E-state index in [-0.39, 0.29) is 5.92 Å². The summed E-state index contributed by atoms with van der Waals surface area (Å²) in [6.45, 7) is 0.881. The Morgan fingerprint density at radius 1 is 1.27 bits per heavy atom. The summed E-state index contributed by atoms with van der Waals surface area (Å²) in [7, 11) is 1.35. The molecule has 0 spiro atoms. The van der Waals surface area contributed by atoms with Crippen LogP contribution in [0.4, 0.5) is 0 Å². The molecule has 0 N–H and O–H groups in total. The lowest BCUT2D eigenvalue weighted by Gasteiger charge is -2.31. The summed E-state index contributed by atoms with van der Waals surface area (Å²) in [5.41, 5.74) is 1.83. The lowest BCUT2D eigenvalue weighted by molar-refractivity contribution is -0.135. The smallest absolute Gasteiger partial charge is 0.330 e. The van der Waals surface area contributed by atoms with Crippen LogP contribution in [-0.2, 0) is 20.7 Å². The van der Waals surface area contributed by atoms with E-state index in [1.807, 2.05) is 18.2 Å². The fraction of sp³-hybridized carbons (Fsp3) is 0.524. The molecule has 26 heavy (non-hydrogen) atoms. The van der Waals surface area contributed by atoms with E-state index in [9.17, 15) is 9.59 Å². The topological polar surface area (TPSA) is 46.6 Å². The molecule has 0 aromatic heterocycles. The molecule has 1 heterocycles. The van der Waals surface area contributed by atoms with Gasteiger partial charge in [0.1, 0.15) is 0 Å². The molecule has 2 aliphatic rings. The molecule has 1 aromatic carbocycles. The number of carbonyl (C=O) groups is 2. The summed E-state index contributed by atoms with van der Waals surface area (Å²) in [5.74, 6) is -0.0712. The van der Waals surface area contributed by atoms with Crippen molar-refractivity contribution < 1.29 is 14.3 Å². The van der Waals surface area contributed by atoms with Crippen LogP contribution in [-0.4, -0.2) is 36.5 Å². The van der Waals surface area contributed by atoms with E-state index in [0.717, 1.165) is 36.9 Å². The molecule has 1 atom stereocenters. The summed E-state index contributed by atoms with van der Waals surface area (Å²) in [6.07, 6.45) is 10.7. The van der Waals surface area contributed by atoms with Crippen LogP contribution in [0.25, 0.3) is 6.08 Å². The van der Waals surface area contributed by atoms with Crippen LogP contribution in [0.2, 0.25) is 5.02 Å². The lowest BCUT2D eigenvalue weighted by Crippen LogP contribution is -2.39. The van der Waals surface area contributed by atoms with Crippen LogP contribution in [0.1, 0.15) is 49.7 Å². The van der Waals surface area contributed by atoms with Crippen LogP contribution < -0.4 is 0 Å². The van der Waals surface area contributed by atoms with Gasteiger partial charge < -0.3 is 9.64 Å². The zero-order valence-electron chi connectivity index (χ0n) is 15.2. The minimum atomic E-state index is -0.399. The second-order valence-corrected chi connectivity index (χ2v) is 7.63. The molecule has 3 rings (SSSR count). The Labute approximate surface area is 160 Å². The highest BCUT2D eigenvalue weighted by atomic mass is 35.5. The molecule has 1 unspecified atom stereocenters. The summed E-state index contributed by atoms with van der Waals surface area (Å²) >= 11 is 6.41. The van der Waals surface area contributed by atoms with Crippen molar-refractivity contribution in [2.24, 2.45) is 5.92 Å². The van der Waals surface area contributed by atoms with Gasteiger partial charge in [0.15, 0.2) is 0 Å². The Bertz CT molecular complexity index is 694. The number of rotatable bonds is 5. The lowest BCUT2D eigenvalue weighted by atomic mass is 9.94. The SMILES string of the molecule is COC(=O)/C=C/c1ccc(CC2CCN(C3CCCCC3)C2=O)c(Cl)c1. The largest absolute Gasteiger partial charge is 0.466 e. The zero-order valence-corrected chi connectivity index (χ0v) is 16.0. The Kier molecular flexibility index (Phi) is 6.36. The van der Waals surface area contributed by atoms with Crippen LogP contribution >= 0.6 is 11.6 Å². The number of hydrogen-bond donors (Lipinski definition) is 0. The van der Waals surface area contributed by atoms with E-state index in [2.05, 4.69) is 9.64 Å². The maximum Gasteiger partial charge on any atom is 0.330 e. The molecule has 1 aliphatic carbocycles. The van der Waals surface area contributed by atoms with Crippen molar-refractivity contribution in [3.8, 4) is 0 Å². The molecule has 5 heteroatoms. The molecule has 1 amide bonds. The number of ether oxygens (including phenoxy) is 1. The van der Waals surface area contributed by atoms with E-state index >= 15 is 0 Å². The van der Waals surface area contributed by atoms with Crippen molar-refractivity contribution >= 4 is 29.6 Å². The molecule has 1 aromatic rings. The van der Waals surface area contributed by atoms with Gasteiger partial charge in [-0.1, -0.05) is 43.0 Å². The summed E-state index contributed by atoms with van der Waals surface area (Å²) in [6, 6.07) is 6.14. The number of benzene rings is 1. The first kappa shape index (κ1) is 19.0. The molecule has 4 nitrogen and oxygen atoms in total. The van der Waals surface area contributed by atoms with E-state index in [1.54, 1.807) is 6.08 Å². The molecular weight excluding hydrogens is 350 g/mol. The van der Waals surface area contributed by atoms with E-state index in [1.165, 1.54) is 32.4 Å². The predicted molar refractivity (Wildman–Crippen MR) is 103 cm³/mol. The molecule has 2 fully saturated rings. The number of likely N-dealkylation sites (tertiary alicyclic amines) is 1. The van der Waals surface area contributed by atoms with E-state index < -0.39 is 5.97 Å². The van der Waals surface area contributed by atoms with Crippen LogP contribution in [0.15, 0.2) is 24.3 Å². The maximum atomic E-state index is 12.8. The average molecular weight is 376 g/mol. The zero-order chi connectivity index (χ0) is 18.5. The molecule has 1 saturated carbocycles. The standard InChI is InChI=1S/C21H26ClNO3/c1-26-20(24)10-8-15-7-9-16(19(22)13-15)14-17-11-12-23(21(17)25)18-5-3-2-4-6-18/h7-10,13,17-18H,2-6,11-12,14H2,1H3/b10-8+. The van der Waals surface area contributed by atoms with Gasteiger partial charge in [0, 0.05) is 29.6 Å². The summed E-state index contributed by atoms with van der Waals surface area (Å²) < 4.78 is 4.59. The third-order valence-electron chi connectivity index (χ3n) is 5.52. The number of amides is 1. The van der Waals surface area contributed by atoms with E-state index in [4.69, 9.17) is 11.6 Å². The highest BCUT2D eigenvalue weighted by Gasteiger charge is 2.36. The maximum absolute atomic E-state index is 12.8. The van der Waals surface area contributed by atoms with Gasteiger partial charge in [-0.25, -0.2) is 4.79 Å². The molecule has 0 radical (unpaired) electrons. The molecule has 140 valence electrons. The fourth-order valence-corrected chi connectivity index (χ4v) is 4.30. The predicted octanol–water partition coefficient (Wildman–Crippen LogP) is 4.25. The minimum Gasteiger partial charge on any atom is -0.466 e. The number of hydrogen-bond acceptors (Lipinski definition) is 3. The molecule has 1 aliphatic heterocycles. The van der Waals surface area contributed by atoms with Gasteiger partial charge in [-0.3, -0.25) is 4.79 Å². The van der Waals surface area contributed by atoms with Gasteiger partial charge in [0.05, 0.1) is 7.11 Å². The van der Waals surface area contributed by atoms with Gasteiger partial charge in [0.25, 0.3) is 0 Å². The van der Waals surface area contributed by atoms with Gasteiger partial charge in [-0.05, 0) is 49.0 Å². The third kappa shape index (κ3) is 4.47. The normalized spacial score (nSPS) is 21.5. The molecule has 0 bridgehead atoms. The van der Waals surface area contributed by atoms with E-state index in [0.29, 0.717) is 23.4 Å². The monoisotopic (exact) mass is 375 g/mol. The number of nitrogens with zero attached hydrogens (tertiary/aromatic N) is 1. The quantitative estimate of drug-likeness (QED) is 0.571. The summed E-state index contributed by atoms with van der Waals surface area (Å²) in [4.78, 5) is 26.1. The van der Waals surface area contributed by atoms with Crippen LogP contribution in [0.3, 0.4) is 0 Å². The third-order valence-corrected chi connectivity index (χ3v) is 5.87. The highest BCUT2D eigenvalue weighted by Crippen LogP contribution is 2.31. The van der Waals surface area contributed by atoms with Gasteiger partial charge in [-0.15, -0.1) is 0 Å². The summed E-state index contributed by atoms with van der Waals surface area (Å²) in [5, 5.41) is 0.640. The van der Waals surface area contributed by atoms with Gasteiger partial charge >= 0.3 is 5.97 Å². The number of carbonyl (C=O) groups excluding carboxylic acids is 2. The Morgan fingerprint density at radius 2 is 2.04 bits per heavy atom. The Hall–Kier alpha value is -1.81. The average Bonchev–Trinajstić information content (AvgIpc) is 3.03. The Morgan fingerprint density at radius 3 is 2.73 bits per heavy atom. The van der Waals surface area contributed by atoms with Gasteiger partial charge in [0.2, 0.25) is 5.91 Å². The van der Waals surface area contributed by atoms with Crippen molar-refractivity contribution in [3.63, 3.8) is 0 Å². The van der Waals surface area contributed by atoms with Crippen molar-refractivity contribution in [2.45, 2.75) is 51.0 Å². The number of esters is 1.